The van der Waals surface area contributed by atoms with Crippen molar-refractivity contribution < 1.29 is 32.2 Å². The maximum Gasteiger partial charge on any atom is 0.335 e. The molecule has 0 spiro atoms. The highest BCUT2D eigenvalue weighted by atomic mass is 32.2. The molecular formula is C8H11NO7S. The van der Waals surface area contributed by atoms with Crippen molar-refractivity contribution in [3.05, 3.63) is 0 Å². The van der Waals surface area contributed by atoms with E-state index in [4.69, 9.17) is 4.55 Å². The molecule has 1 atom stereocenters. The average molecular weight is 265 g/mol. The molecule has 1 fully saturated rings. The molecule has 0 aliphatic carbocycles. The lowest BCUT2D eigenvalue weighted by molar-refractivity contribution is -0.199. The Bertz CT molecular complexity index is 466. The third-order valence-corrected chi connectivity index (χ3v) is 3.16. The molecule has 8 nitrogen and oxygen atoms in total. The van der Waals surface area contributed by atoms with Crippen LogP contribution in [0.2, 0.25) is 0 Å². The molecule has 1 rings (SSSR count). The van der Waals surface area contributed by atoms with E-state index in [9.17, 15) is 22.8 Å². The van der Waals surface area contributed by atoms with Gasteiger partial charge in [0.1, 0.15) is 0 Å². The van der Waals surface area contributed by atoms with Crippen LogP contribution in [0.1, 0.15) is 20.3 Å². The Morgan fingerprint density at radius 3 is 2.35 bits per heavy atom. The zero-order valence-electron chi connectivity index (χ0n) is 9.11. The predicted molar refractivity (Wildman–Crippen MR) is 52.7 cm³/mol. The van der Waals surface area contributed by atoms with Gasteiger partial charge in [0.15, 0.2) is 5.25 Å². The minimum Gasteiger partial charge on any atom is -0.330 e. The lowest BCUT2D eigenvalue weighted by Crippen LogP contribution is -2.37. The summed E-state index contributed by atoms with van der Waals surface area (Å²) >= 11 is 0. The fourth-order valence-electron chi connectivity index (χ4n) is 1.11. The average Bonchev–Trinajstić information content (AvgIpc) is 2.44. The van der Waals surface area contributed by atoms with Crippen LogP contribution in [0.15, 0.2) is 0 Å². The van der Waals surface area contributed by atoms with Gasteiger partial charge in [-0.05, 0) is 0 Å². The molecule has 17 heavy (non-hydrogen) atoms. The van der Waals surface area contributed by atoms with Crippen molar-refractivity contribution in [2.75, 3.05) is 0 Å². The monoisotopic (exact) mass is 265 g/mol. The topological polar surface area (TPSA) is 118 Å². The summed E-state index contributed by atoms with van der Waals surface area (Å²) in [6.07, 6.45) is -0.733. The molecule has 96 valence electrons. The zero-order chi connectivity index (χ0) is 13.4. The van der Waals surface area contributed by atoms with Crippen LogP contribution in [0.3, 0.4) is 0 Å². The first-order valence-electron chi connectivity index (χ1n) is 4.69. The van der Waals surface area contributed by atoms with E-state index in [1.807, 2.05) is 0 Å². The van der Waals surface area contributed by atoms with E-state index >= 15 is 0 Å². The van der Waals surface area contributed by atoms with Crippen LogP contribution >= 0.6 is 0 Å². The Morgan fingerprint density at radius 2 is 2.00 bits per heavy atom. The number of amides is 2. The molecular weight excluding hydrogens is 254 g/mol. The van der Waals surface area contributed by atoms with Crippen molar-refractivity contribution in [2.45, 2.75) is 25.5 Å². The summed E-state index contributed by atoms with van der Waals surface area (Å²) in [5.41, 5.74) is 0. The van der Waals surface area contributed by atoms with E-state index < -0.39 is 45.5 Å². The minimum atomic E-state index is -4.68. The van der Waals surface area contributed by atoms with Crippen molar-refractivity contribution in [2.24, 2.45) is 5.92 Å². The molecule has 0 radical (unpaired) electrons. The van der Waals surface area contributed by atoms with Gasteiger partial charge in [0, 0.05) is 0 Å². The maximum absolute atomic E-state index is 11.4. The number of hydroxylamine groups is 2. The van der Waals surface area contributed by atoms with Gasteiger partial charge >= 0.3 is 5.97 Å². The fourth-order valence-corrected chi connectivity index (χ4v) is 1.81. The van der Waals surface area contributed by atoms with E-state index in [0.29, 0.717) is 0 Å². The quantitative estimate of drug-likeness (QED) is 0.519. The van der Waals surface area contributed by atoms with Crippen LogP contribution < -0.4 is 0 Å². The van der Waals surface area contributed by atoms with Crippen molar-refractivity contribution >= 4 is 27.9 Å². The van der Waals surface area contributed by atoms with Gasteiger partial charge in [-0.2, -0.15) is 8.42 Å². The molecule has 1 N–H and O–H groups in total. The van der Waals surface area contributed by atoms with E-state index in [1.54, 1.807) is 0 Å². The largest absolute Gasteiger partial charge is 0.335 e. The number of hydrogen-bond donors (Lipinski definition) is 1. The molecule has 1 heterocycles. The maximum atomic E-state index is 11.4. The number of imide groups is 1. The van der Waals surface area contributed by atoms with Gasteiger partial charge in [-0.1, -0.05) is 13.8 Å². The number of carbonyl (C=O) groups excluding carboxylic acids is 3. The molecule has 0 aromatic carbocycles. The van der Waals surface area contributed by atoms with Gasteiger partial charge in [-0.25, -0.2) is 4.79 Å². The lowest BCUT2D eigenvalue weighted by atomic mass is 10.2. The Hall–Kier alpha value is -1.48. The Balaban J connectivity index is 2.87. The van der Waals surface area contributed by atoms with Crippen molar-refractivity contribution in [3.8, 4) is 0 Å². The van der Waals surface area contributed by atoms with Crippen LogP contribution in [0.5, 0.6) is 0 Å². The highest BCUT2D eigenvalue weighted by Crippen LogP contribution is 2.20. The highest BCUT2D eigenvalue weighted by Gasteiger charge is 2.48. The summed E-state index contributed by atoms with van der Waals surface area (Å²) in [4.78, 5) is 38.3. The minimum absolute atomic E-state index is 0.0841. The summed E-state index contributed by atoms with van der Waals surface area (Å²) in [6.45, 7) is 2.96. The molecule has 1 saturated heterocycles. The Labute approximate surface area is 97.2 Å². The molecule has 1 aliphatic rings. The summed E-state index contributed by atoms with van der Waals surface area (Å²) in [5, 5.41) is -1.81. The summed E-state index contributed by atoms with van der Waals surface area (Å²) in [7, 11) is -4.68. The van der Waals surface area contributed by atoms with Gasteiger partial charge in [0.25, 0.3) is 21.9 Å². The summed E-state index contributed by atoms with van der Waals surface area (Å²) in [6, 6.07) is 0. The molecule has 9 heteroatoms. The van der Waals surface area contributed by atoms with Gasteiger partial charge in [-0.15, -0.1) is 5.06 Å². The van der Waals surface area contributed by atoms with E-state index in [0.717, 1.165) is 0 Å². The van der Waals surface area contributed by atoms with Crippen LogP contribution in [-0.4, -0.2) is 41.1 Å². The first-order valence-corrected chi connectivity index (χ1v) is 6.19. The second-order valence-electron chi connectivity index (χ2n) is 3.80. The van der Waals surface area contributed by atoms with Gasteiger partial charge in [-0.3, -0.25) is 14.1 Å². The van der Waals surface area contributed by atoms with Crippen LogP contribution in [0.25, 0.3) is 0 Å². The van der Waals surface area contributed by atoms with Gasteiger partial charge in [0.05, 0.1) is 12.3 Å². The molecule has 0 saturated carbocycles. The molecule has 0 aromatic heterocycles. The summed E-state index contributed by atoms with van der Waals surface area (Å²) < 4.78 is 30.2. The fraction of sp³-hybridized carbons (Fsp3) is 0.625. The van der Waals surface area contributed by atoms with Gasteiger partial charge < -0.3 is 4.84 Å². The van der Waals surface area contributed by atoms with E-state index in [1.165, 1.54) is 13.8 Å². The van der Waals surface area contributed by atoms with Crippen LogP contribution in [0.4, 0.5) is 0 Å². The Morgan fingerprint density at radius 1 is 1.47 bits per heavy atom. The molecule has 0 bridgehead atoms. The van der Waals surface area contributed by atoms with E-state index in [-0.39, 0.29) is 5.06 Å². The predicted octanol–water partition coefficient (Wildman–Crippen LogP) is -0.884. The van der Waals surface area contributed by atoms with Crippen molar-refractivity contribution in [3.63, 3.8) is 0 Å². The van der Waals surface area contributed by atoms with Crippen LogP contribution in [0, 0.1) is 5.92 Å². The second kappa shape index (κ2) is 4.41. The molecule has 1 unspecified atom stereocenters. The number of hydrogen-bond acceptors (Lipinski definition) is 6. The molecule has 2 amide bonds. The highest BCUT2D eigenvalue weighted by molar-refractivity contribution is 7.87. The standard InChI is InChI=1S/C8H11NO7S/c1-4(2)8(12)16-9-6(10)3-5(7(9)11)17(13,14)15/h4-5H,3H2,1-2H3,(H,13,14,15). The zero-order valence-corrected chi connectivity index (χ0v) is 9.93. The Kier molecular flexibility index (Phi) is 3.53. The first-order chi connectivity index (χ1) is 7.64. The van der Waals surface area contributed by atoms with Crippen LogP contribution in [-0.2, 0) is 29.3 Å². The lowest BCUT2D eigenvalue weighted by Gasteiger charge is -2.14. The number of carbonyl (C=O) groups is 3. The van der Waals surface area contributed by atoms with Crippen molar-refractivity contribution in [1.82, 2.24) is 5.06 Å². The van der Waals surface area contributed by atoms with E-state index in [2.05, 4.69) is 4.84 Å². The molecule has 1 aliphatic heterocycles. The smallest absolute Gasteiger partial charge is 0.330 e. The third kappa shape index (κ3) is 2.80. The van der Waals surface area contributed by atoms with Gasteiger partial charge in [0.2, 0.25) is 0 Å². The number of nitrogens with zero attached hydrogens (tertiary/aromatic N) is 1. The normalized spacial score (nSPS) is 21.2. The first kappa shape index (κ1) is 13.6. The molecule has 0 aromatic rings. The van der Waals surface area contributed by atoms with Crippen molar-refractivity contribution in [1.29, 1.82) is 0 Å². The third-order valence-electron chi connectivity index (χ3n) is 2.07. The number of rotatable bonds is 3. The SMILES string of the molecule is CC(C)C(=O)ON1C(=O)CC(S(=O)(=O)O)C1=O. The summed E-state index contributed by atoms with van der Waals surface area (Å²) in [5.74, 6) is -3.67. The second-order valence-corrected chi connectivity index (χ2v) is 5.40.